The van der Waals surface area contributed by atoms with Gasteiger partial charge in [0.2, 0.25) is 0 Å². The second-order valence-electron chi connectivity index (χ2n) is 3.19. The van der Waals surface area contributed by atoms with Crippen molar-refractivity contribution in [3.05, 3.63) is 0 Å². The Morgan fingerprint density at radius 1 is 1.00 bits per heavy atom. The van der Waals surface area contributed by atoms with E-state index in [2.05, 4.69) is 6.92 Å². The van der Waals surface area contributed by atoms with E-state index in [1.165, 1.54) is 0 Å². The largest absolute Gasteiger partial charge is 0.0683 e. The van der Waals surface area contributed by atoms with Crippen LogP contribution in [-0.4, -0.2) is 0 Å². The zero-order valence-electron chi connectivity index (χ0n) is 6.85. The highest BCUT2D eigenvalue weighted by Gasteiger charge is 2.43. The van der Waals surface area contributed by atoms with Crippen molar-refractivity contribution in [3.8, 4) is 0 Å². The van der Waals surface area contributed by atoms with Crippen molar-refractivity contribution in [1.29, 1.82) is 0 Å². The van der Waals surface area contributed by atoms with Crippen molar-refractivity contribution in [3.63, 3.8) is 0 Å². The van der Waals surface area contributed by atoms with Crippen LogP contribution >= 0.6 is 0 Å². The van der Waals surface area contributed by atoms with Crippen LogP contribution in [0.5, 0.6) is 0 Å². The Balaban J connectivity index is 0.000000186. The molecule has 9 heavy (non-hydrogen) atoms. The summed E-state index contributed by atoms with van der Waals surface area (Å²) in [6.45, 7) is 6.41. The third kappa shape index (κ3) is 0.997. The fourth-order valence-corrected chi connectivity index (χ4v) is 2.20. The molecule has 0 N–H and O–H groups in total. The molecule has 2 unspecified atom stereocenters. The van der Waals surface area contributed by atoms with E-state index in [9.17, 15) is 0 Å². The van der Waals surface area contributed by atoms with Crippen molar-refractivity contribution in [2.45, 2.75) is 40.0 Å². The minimum Gasteiger partial charge on any atom is -0.0683 e. The fraction of sp³-hybridized carbons (Fsp3) is 1.00. The maximum Gasteiger partial charge on any atom is -0.0383 e. The minimum atomic E-state index is 1.11. The van der Waals surface area contributed by atoms with Crippen LogP contribution in [0.25, 0.3) is 0 Å². The van der Waals surface area contributed by atoms with Crippen molar-refractivity contribution < 1.29 is 0 Å². The van der Waals surface area contributed by atoms with E-state index < -0.39 is 0 Å². The van der Waals surface area contributed by atoms with Gasteiger partial charge in [0.15, 0.2) is 0 Å². The van der Waals surface area contributed by atoms with Gasteiger partial charge in [0.25, 0.3) is 0 Å². The van der Waals surface area contributed by atoms with Crippen LogP contribution in [0.1, 0.15) is 40.0 Å². The summed E-state index contributed by atoms with van der Waals surface area (Å²) in [6, 6.07) is 0. The van der Waals surface area contributed by atoms with Crippen LogP contribution in [0, 0.1) is 17.8 Å². The molecule has 0 radical (unpaired) electrons. The van der Waals surface area contributed by atoms with Crippen LogP contribution in [0.15, 0.2) is 0 Å². The molecule has 0 heteroatoms. The Hall–Kier alpha value is 0. The molecule has 2 bridgehead atoms. The molecule has 3 rings (SSSR count). The molecule has 3 fully saturated rings. The molecule has 3 aliphatic carbocycles. The number of fused-ring (bicyclic) bond motifs is 1. The monoisotopic (exact) mass is 126 g/mol. The maximum atomic E-state index is 2.41. The Morgan fingerprint density at radius 3 is 1.56 bits per heavy atom. The molecule has 0 amide bonds. The summed E-state index contributed by atoms with van der Waals surface area (Å²) in [6.07, 6.45) is 4.67. The second-order valence-corrected chi connectivity index (χ2v) is 3.19. The smallest absolute Gasteiger partial charge is 0.0383 e. The normalized spacial score (nSPS) is 45.0. The Morgan fingerprint density at radius 2 is 1.44 bits per heavy atom. The predicted octanol–water partition coefficient (Wildman–Crippen LogP) is 3.08. The van der Waals surface area contributed by atoms with E-state index >= 15 is 0 Å². The first-order valence-electron chi connectivity index (χ1n) is 4.38. The Labute approximate surface area is 58.7 Å². The fourth-order valence-electron chi connectivity index (χ4n) is 2.20. The predicted molar refractivity (Wildman–Crippen MR) is 41.3 cm³/mol. The molecule has 54 valence electrons. The van der Waals surface area contributed by atoms with E-state index in [0.29, 0.717) is 0 Å². The standard InChI is InChI=1S/C7H12.C2H6/c1-5-6-2-3-7(5)4-6;1-2/h5-7H,2-4H2,1H3;1-2H3. The van der Waals surface area contributed by atoms with Crippen LogP contribution < -0.4 is 0 Å². The molecular formula is C9H18. The topological polar surface area (TPSA) is 0 Å². The number of hydrogen-bond donors (Lipinski definition) is 0. The molecule has 0 saturated heterocycles. The van der Waals surface area contributed by atoms with Crippen LogP contribution in [0.3, 0.4) is 0 Å². The van der Waals surface area contributed by atoms with Gasteiger partial charge in [-0.1, -0.05) is 20.8 Å². The Bertz CT molecular complexity index is 72.0. The lowest BCUT2D eigenvalue weighted by Crippen LogP contribution is -2.24. The van der Waals surface area contributed by atoms with Crippen LogP contribution in [-0.2, 0) is 0 Å². The first-order chi connectivity index (χ1) is 4.38. The molecular weight excluding hydrogens is 108 g/mol. The summed E-state index contributed by atoms with van der Waals surface area (Å²) in [5, 5.41) is 0. The summed E-state index contributed by atoms with van der Waals surface area (Å²) < 4.78 is 0. The lowest BCUT2D eigenvalue weighted by atomic mass is 9.74. The lowest BCUT2D eigenvalue weighted by Gasteiger charge is -2.31. The third-order valence-electron chi connectivity index (χ3n) is 3.00. The second kappa shape index (κ2) is 2.72. The number of hydrogen-bond acceptors (Lipinski definition) is 0. The summed E-state index contributed by atoms with van der Waals surface area (Å²) in [5.41, 5.74) is 0. The average molecular weight is 126 g/mol. The molecule has 0 aromatic heterocycles. The van der Waals surface area contributed by atoms with E-state index in [1.54, 1.807) is 19.3 Å². The lowest BCUT2D eigenvalue weighted by molar-refractivity contribution is 0.178. The molecule has 3 saturated carbocycles. The SMILES string of the molecule is CC.CC1C2CCC1C2. The highest BCUT2D eigenvalue weighted by atomic mass is 14.5. The van der Waals surface area contributed by atoms with Gasteiger partial charge in [-0.25, -0.2) is 0 Å². The third-order valence-corrected chi connectivity index (χ3v) is 3.00. The minimum absolute atomic E-state index is 1.11. The van der Waals surface area contributed by atoms with Gasteiger partial charge < -0.3 is 0 Å². The summed E-state index contributed by atoms with van der Waals surface area (Å²) in [4.78, 5) is 0. The van der Waals surface area contributed by atoms with Gasteiger partial charge in [-0.15, -0.1) is 0 Å². The van der Waals surface area contributed by atoms with E-state index in [1.807, 2.05) is 13.8 Å². The molecule has 0 nitrogen and oxygen atoms in total. The van der Waals surface area contributed by atoms with Gasteiger partial charge in [0, 0.05) is 0 Å². The van der Waals surface area contributed by atoms with Crippen molar-refractivity contribution >= 4 is 0 Å². The molecule has 3 aliphatic rings. The zero-order valence-corrected chi connectivity index (χ0v) is 6.85. The van der Waals surface area contributed by atoms with Crippen molar-refractivity contribution in [1.82, 2.24) is 0 Å². The summed E-state index contributed by atoms with van der Waals surface area (Å²) in [7, 11) is 0. The highest BCUT2D eigenvalue weighted by Crippen LogP contribution is 2.52. The van der Waals surface area contributed by atoms with Crippen LogP contribution in [0.4, 0.5) is 0 Å². The van der Waals surface area contributed by atoms with Gasteiger partial charge in [-0.3, -0.25) is 0 Å². The van der Waals surface area contributed by atoms with Gasteiger partial charge in [-0.05, 0) is 37.0 Å². The van der Waals surface area contributed by atoms with Crippen molar-refractivity contribution in [2.75, 3.05) is 0 Å². The van der Waals surface area contributed by atoms with Gasteiger partial charge in [0.05, 0.1) is 0 Å². The summed E-state index contributed by atoms with van der Waals surface area (Å²) in [5.74, 6) is 3.43. The van der Waals surface area contributed by atoms with Gasteiger partial charge in [-0.2, -0.15) is 0 Å². The molecule has 0 spiro atoms. The maximum absolute atomic E-state index is 2.41. The van der Waals surface area contributed by atoms with E-state index in [-0.39, 0.29) is 0 Å². The zero-order chi connectivity index (χ0) is 6.85. The summed E-state index contributed by atoms with van der Waals surface area (Å²) >= 11 is 0. The molecule has 0 heterocycles. The quantitative estimate of drug-likeness (QED) is 0.468. The Kier molecular flexibility index (Phi) is 2.15. The average Bonchev–Trinajstić information content (AvgIpc) is 2.49. The first-order valence-corrected chi connectivity index (χ1v) is 4.38. The van der Waals surface area contributed by atoms with E-state index in [0.717, 1.165) is 17.8 Å². The molecule has 0 aromatic carbocycles. The first kappa shape index (κ1) is 7.11. The molecule has 0 aliphatic heterocycles. The highest BCUT2D eigenvalue weighted by molar-refractivity contribution is 4.93. The van der Waals surface area contributed by atoms with Crippen LogP contribution in [0.2, 0.25) is 0 Å². The molecule has 0 aromatic rings. The van der Waals surface area contributed by atoms with Crippen molar-refractivity contribution in [2.24, 2.45) is 17.8 Å². The van der Waals surface area contributed by atoms with E-state index in [4.69, 9.17) is 0 Å². The molecule has 2 atom stereocenters. The number of rotatable bonds is 0. The van der Waals surface area contributed by atoms with Gasteiger partial charge >= 0.3 is 0 Å². The van der Waals surface area contributed by atoms with Gasteiger partial charge in [0.1, 0.15) is 0 Å².